The molecule has 1 aromatic rings. The molecule has 1 N–H and O–H groups in total. The summed E-state index contributed by atoms with van der Waals surface area (Å²) in [5.41, 5.74) is 1.16. The molecule has 1 amide bonds. The zero-order valence-corrected chi connectivity index (χ0v) is 16.2. The van der Waals surface area contributed by atoms with Crippen molar-refractivity contribution in [3.05, 3.63) is 29.8 Å². The molecule has 0 radical (unpaired) electrons. The van der Waals surface area contributed by atoms with Crippen LogP contribution in [-0.2, 0) is 11.3 Å². The lowest BCUT2D eigenvalue weighted by Crippen LogP contribution is -2.53. The van der Waals surface area contributed by atoms with Gasteiger partial charge in [0.05, 0.1) is 12.7 Å². The highest BCUT2D eigenvalue weighted by Gasteiger charge is 2.23. The van der Waals surface area contributed by atoms with E-state index in [9.17, 15) is 4.79 Å². The zero-order valence-electron chi connectivity index (χ0n) is 16.2. The van der Waals surface area contributed by atoms with Gasteiger partial charge in [-0.25, -0.2) is 4.79 Å². The number of aliphatic imine (C=N–C) groups is 1. The van der Waals surface area contributed by atoms with E-state index in [1.165, 1.54) is 0 Å². The minimum absolute atomic E-state index is 0.172. The summed E-state index contributed by atoms with van der Waals surface area (Å²) in [6.45, 7) is 9.69. The van der Waals surface area contributed by atoms with Crippen LogP contribution in [-0.4, -0.2) is 67.8 Å². The maximum absolute atomic E-state index is 11.8. The second-order valence-corrected chi connectivity index (χ2v) is 6.38. The Labute approximate surface area is 156 Å². The van der Waals surface area contributed by atoms with Crippen molar-refractivity contribution < 1.29 is 14.3 Å². The van der Waals surface area contributed by atoms with Gasteiger partial charge >= 0.3 is 6.09 Å². The van der Waals surface area contributed by atoms with Crippen LogP contribution in [0.25, 0.3) is 0 Å². The number of nitrogens with zero attached hydrogens (tertiary/aromatic N) is 3. The Balaban J connectivity index is 1.82. The van der Waals surface area contributed by atoms with E-state index in [1.54, 1.807) is 11.9 Å². The quantitative estimate of drug-likeness (QED) is 0.643. The van der Waals surface area contributed by atoms with Gasteiger partial charge in [-0.05, 0) is 38.5 Å². The lowest BCUT2D eigenvalue weighted by atomic mass is 10.2. The van der Waals surface area contributed by atoms with Crippen molar-refractivity contribution in [2.45, 2.75) is 33.4 Å². The van der Waals surface area contributed by atoms with Crippen molar-refractivity contribution >= 4 is 12.1 Å². The number of nitrogens with one attached hydrogen (secondary N) is 1. The highest BCUT2D eigenvalue weighted by Crippen LogP contribution is 2.14. The first-order valence-corrected chi connectivity index (χ1v) is 9.16. The average Bonchev–Trinajstić information content (AvgIpc) is 2.64. The fourth-order valence-electron chi connectivity index (χ4n) is 2.79. The summed E-state index contributed by atoms with van der Waals surface area (Å²) in [6, 6.07) is 8.07. The van der Waals surface area contributed by atoms with Crippen LogP contribution in [0.4, 0.5) is 4.79 Å². The number of amides is 1. The molecular weight excluding hydrogens is 332 g/mol. The van der Waals surface area contributed by atoms with Gasteiger partial charge in [-0.1, -0.05) is 12.1 Å². The van der Waals surface area contributed by atoms with Crippen LogP contribution in [0.15, 0.2) is 29.3 Å². The molecule has 1 aromatic carbocycles. The molecule has 0 aliphatic carbocycles. The van der Waals surface area contributed by atoms with Gasteiger partial charge in [0.1, 0.15) is 5.75 Å². The SMILES string of the molecule is CCOC(=O)N1CCN(C(=NC)NCc2ccc(OC(C)C)cc2)CC1. The normalized spacial score (nSPS) is 15.2. The average molecular weight is 362 g/mol. The van der Waals surface area contributed by atoms with Gasteiger partial charge in [-0.15, -0.1) is 0 Å². The second-order valence-electron chi connectivity index (χ2n) is 6.38. The van der Waals surface area contributed by atoms with Crippen LogP contribution in [0, 0.1) is 0 Å². The fraction of sp³-hybridized carbons (Fsp3) is 0.579. The van der Waals surface area contributed by atoms with Gasteiger partial charge in [-0.3, -0.25) is 4.99 Å². The van der Waals surface area contributed by atoms with Gasteiger partial charge in [0.2, 0.25) is 0 Å². The Morgan fingerprint density at radius 3 is 2.31 bits per heavy atom. The van der Waals surface area contributed by atoms with Crippen molar-refractivity contribution in [2.24, 2.45) is 4.99 Å². The summed E-state index contributed by atoms with van der Waals surface area (Å²) in [7, 11) is 1.78. The topological polar surface area (TPSA) is 66.4 Å². The van der Waals surface area contributed by atoms with Crippen molar-refractivity contribution in [3.63, 3.8) is 0 Å². The molecule has 0 saturated carbocycles. The molecule has 0 aromatic heterocycles. The summed E-state index contributed by atoms with van der Waals surface area (Å²) in [4.78, 5) is 20.0. The molecule has 0 unspecified atom stereocenters. The molecule has 0 spiro atoms. The van der Waals surface area contributed by atoms with Gasteiger partial charge in [-0.2, -0.15) is 0 Å². The van der Waals surface area contributed by atoms with Crippen LogP contribution < -0.4 is 10.1 Å². The lowest BCUT2D eigenvalue weighted by Gasteiger charge is -2.35. The molecule has 1 heterocycles. The van der Waals surface area contributed by atoms with Crippen molar-refractivity contribution in [1.29, 1.82) is 0 Å². The standard InChI is InChI=1S/C19H30N4O3/c1-5-25-19(24)23-12-10-22(11-13-23)18(20-4)21-14-16-6-8-17(9-7-16)26-15(2)3/h6-9,15H,5,10-14H2,1-4H3,(H,20,21). The number of hydrogen-bond acceptors (Lipinski definition) is 4. The molecule has 1 aliphatic rings. The predicted molar refractivity (Wildman–Crippen MR) is 103 cm³/mol. The lowest BCUT2D eigenvalue weighted by molar-refractivity contribution is 0.0914. The van der Waals surface area contributed by atoms with Gasteiger partial charge in [0.25, 0.3) is 0 Å². The second kappa shape index (κ2) is 9.89. The van der Waals surface area contributed by atoms with Crippen molar-refractivity contribution in [3.8, 4) is 5.75 Å². The van der Waals surface area contributed by atoms with E-state index in [0.717, 1.165) is 30.4 Å². The zero-order chi connectivity index (χ0) is 18.9. The Kier molecular flexibility index (Phi) is 7.56. The van der Waals surface area contributed by atoms with Gasteiger partial charge in [0, 0.05) is 39.8 Å². The maximum atomic E-state index is 11.8. The minimum atomic E-state index is -0.237. The Morgan fingerprint density at radius 2 is 1.77 bits per heavy atom. The van der Waals surface area contributed by atoms with E-state index in [1.807, 2.05) is 32.9 Å². The monoisotopic (exact) mass is 362 g/mol. The minimum Gasteiger partial charge on any atom is -0.491 e. The van der Waals surface area contributed by atoms with Gasteiger partial charge in [0.15, 0.2) is 5.96 Å². The Morgan fingerprint density at radius 1 is 1.15 bits per heavy atom. The predicted octanol–water partition coefficient (Wildman–Crippen LogP) is 2.32. The molecule has 144 valence electrons. The molecule has 7 heteroatoms. The molecule has 1 aliphatic heterocycles. The maximum Gasteiger partial charge on any atom is 0.409 e. The highest BCUT2D eigenvalue weighted by molar-refractivity contribution is 5.80. The van der Waals surface area contributed by atoms with Crippen LogP contribution in [0.5, 0.6) is 5.75 Å². The number of carbonyl (C=O) groups excluding carboxylic acids is 1. The van der Waals surface area contributed by atoms with Crippen LogP contribution in [0.3, 0.4) is 0 Å². The number of rotatable bonds is 5. The summed E-state index contributed by atoms with van der Waals surface area (Å²) < 4.78 is 10.7. The summed E-state index contributed by atoms with van der Waals surface area (Å²) in [5.74, 6) is 1.72. The first-order valence-electron chi connectivity index (χ1n) is 9.16. The number of benzene rings is 1. The molecule has 1 fully saturated rings. The molecule has 26 heavy (non-hydrogen) atoms. The molecular formula is C19H30N4O3. The molecule has 7 nitrogen and oxygen atoms in total. The summed E-state index contributed by atoms with van der Waals surface area (Å²) in [6.07, 6.45) is -0.0649. The summed E-state index contributed by atoms with van der Waals surface area (Å²) in [5, 5.41) is 3.39. The first kappa shape index (κ1) is 19.9. The fourth-order valence-corrected chi connectivity index (χ4v) is 2.79. The van der Waals surface area contributed by atoms with Gasteiger partial charge < -0.3 is 24.6 Å². The van der Waals surface area contributed by atoms with E-state index < -0.39 is 0 Å². The van der Waals surface area contributed by atoms with E-state index in [-0.39, 0.29) is 12.2 Å². The number of guanidine groups is 1. The third-order valence-electron chi connectivity index (χ3n) is 4.06. The number of carbonyl (C=O) groups is 1. The Bertz CT molecular complexity index is 593. The first-order chi connectivity index (χ1) is 12.5. The Hall–Kier alpha value is -2.44. The summed E-state index contributed by atoms with van der Waals surface area (Å²) >= 11 is 0. The number of ether oxygens (including phenoxy) is 2. The largest absolute Gasteiger partial charge is 0.491 e. The van der Waals surface area contributed by atoms with E-state index in [2.05, 4.69) is 27.3 Å². The van der Waals surface area contributed by atoms with Crippen LogP contribution >= 0.6 is 0 Å². The molecule has 0 atom stereocenters. The van der Waals surface area contributed by atoms with Crippen LogP contribution in [0.2, 0.25) is 0 Å². The third-order valence-corrected chi connectivity index (χ3v) is 4.06. The van der Waals surface area contributed by atoms with E-state index >= 15 is 0 Å². The number of piperazine rings is 1. The molecule has 2 rings (SSSR count). The third kappa shape index (κ3) is 5.82. The van der Waals surface area contributed by atoms with Crippen molar-refractivity contribution in [1.82, 2.24) is 15.1 Å². The van der Waals surface area contributed by atoms with Crippen LogP contribution in [0.1, 0.15) is 26.3 Å². The number of hydrogen-bond donors (Lipinski definition) is 1. The van der Waals surface area contributed by atoms with E-state index in [4.69, 9.17) is 9.47 Å². The molecule has 1 saturated heterocycles. The van der Waals surface area contributed by atoms with E-state index in [0.29, 0.717) is 26.2 Å². The molecule has 0 bridgehead atoms. The van der Waals surface area contributed by atoms with Crippen molar-refractivity contribution in [2.75, 3.05) is 39.8 Å². The highest BCUT2D eigenvalue weighted by atomic mass is 16.6. The smallest absolute Gasteiger partial charge is 0.409 e.